The second kappa shape index (κ2) is 7.28. The third kappa shape index (κ3) is 4.66. The maximum absolute atomic E-state index is 12.4. The number of amides is 1. The van der Waals surface area contributed by atoms with Crippen molar-refractivity contribution >= 4 is 17.2 Å². The SMILES string of the molecule is CN(C)C(CNC(=O)c1ccc(C(C)(C)C)cc1)c1ccsc1. The van der Waals surface area contributed by atoms with Crippen molar-refractivity contribution in [2.24, 2.45) is 0 Å². The fraction of sp³-hybridized carbons (Fsp3) is 0.421. The normalized spacial score (nSPS) is 13.1. The molecule has 3 nitrogen and oxygen atoms in total. The Kier molecular flexibility index (Phi) is 5.60. The van der Waals surface area contributed by atoms with Gasteiger partial charge in [0, 0.05) is 12.1 Å². The first-order chi connectivity index (χ1) is 10.8. The number of rotatable bonds is 5. The van der Waals surface area contributed by atoms with Crippen LogP contribution in [0.2, 0.25) is 0 Å². The molecule has 124 valence electrons. The molecule has 0 saturated carbocycles. The number of nitrogens with zero attached hydrogens (tertiary/aromatic N) is 1. The Balaban J connectivity index is 2.01. The average Bonchev–Trinajstić information content (AvgIpc) is 3.00. The minimum absolute atomic E-state index is 0.0208. The van der Waals surface area contributed by atoms with Crippen LogP contribution in [-0.2, 0) is 5.41 Å². The molecule has 1 N–H and O–H groups in total. The van der Waals surface area contributed by atoms with Crippen molar-refractivity contribution in [3.05, 3.63) is 57.8 Å². The van der Waals surface area contributed by atoms with Crippen LogP contribution < -0.4 is 5.32 Å². The van der Waals surface area contributed by atoms with E-state index in [0.717, 1.165) is 0 Å². The number of thiophene rings is 1. The van der Waals surface area contributed by atoms with E-state index in [2.05, 4.69) is 47.8 Å². The molecule has 2 rings (SSSR count). The van der Waals surface area contributed by atoms with E-state index in [1.165, 1.54) is 11.1 Å². The highest BCUT2D eigenvalue weighted by molar-refractivity contribution is 7.07. The summed E-state index contributed by atoms with van der Waals surface area (Å²) in [5.41, 5.74) is 3.28. The van der Waals surface area contributed by atoms with Gasteiger partial charge in [0.1, 0.15) is 0 Å². The summed E-state index contributed by atoms with van der Waals surface area (Å²) in [7, 11) is 4.07. The van der Waals surface area contributed by atoms with Crippen LogP contribution in [0.15, 0.2) is 41.1 Å². The Bertz CT molecular complexity index is 624. The summed E-state index contributed by atoms with van der Waals surface area (Å²) in [5.74, 6) is -0.0208. The van der Waals surface area contributed by atoms with Crippen LogP contribution in [0.3, 0.4) is 0 Å². The number of nitrogens with one attached hydrogen (secondary N) is 1. The van der Waals surface area contributed by atoms with Gasteiger partial charge in [-0.15, -0.1) is 0 Å². The van der Waals surface area contributed by atoms with E-state index in [0.29, 0.717) is 12.1 Å². The molecule has 0 aliphatic rings. The van der Waals surface area contributed by atoms with E-state index in [1.54, 1.807) is 11.3 Å². The number of carbonyl (C=O) groups excluding carboxylic acids is 1. The molecule has 1 atom stereocenters. The number of carbonyl (C=O) groups is 1. The quantitative estimate of drug-likeness (QED) is 0.896. The van der Waals surface area contributed by atoms with Crippen LogP contribution in [0.25, 0.3) is 0 Å². The lowest BCUT2D eigenvalue weighted by atomic mass is 9.87. The first-order valence-corrected chi connectivity index (χ1v) is 8.80. The zero-order chi connectivity index (χ0) is 17.0. The summed E-state index contributed by atoms with van der Waals surface area (Å²) in [6.45, 7) is 7.11. The highest BCUT2D eigenvalue weighted by Gasteiger charge is 2.17. The fourth-order valence-electron chi connectivity index (χ4n) is 2.48. The summed E-state index contributed by atoms with van der Waals surface area (Å²) in [6.07, 6.45) is 0. The molecule has 23 heavy (non-hydrogen) atoms. The van der Waals surface area contributed by atoms with Gasteiger partial charge in [-0.3, -0.25) is 4.79 Å². The molecule has 2 aromatic rings. The zero-order valence-electron chi connectivity index (χ0n) is 14.6. The molecule has 0 aliphatic heterocycles. The van der Waals surface area contributed by atoms with Crippen LogP contribution in [-0.4, -0.2) is 31.4 Å². The maximum Gasteiger partial charge on any atom is 0.251 e. The predicted molar refractivity (Wildman–Crippen MR) is 98.2 cm³/mol. The topological polar surface area (TPSA) is 32.3 Å². The molecule has 1 amide bonds. The summed E-state index contributed by atoms with van der Waals surface area (Å²) in [6, 6.07) is 10.2. The van der Waals surface area contributed by atoms with Crippen molar-refractivity contribution in [1.82, 2.24) is 10.2 Å². The van der Waals surface area contributed by atoms with Crippen molar-refractivity contribution in [1.29, 1.82) is 0 Å². The van der Waals surface area contributed by atoms with E-state index in [4.69, 9.17) is 0 Å². The van der Waals surface area contributed by atoms with Gasteiger partial charge in [0.05, 0.1) is 6.04 Å². The Morgan fingerprint density at radius 1 is 1.17 bits per heavy atom. The third-order valence-electron chi connectivity index (χ3n) is 4.02. The largest absolute Gasteiger partial charge is 0.350 e. The van der Waals surface area contributed by atoms with Crippen molar-refractivity contribution in [3.63, 3.8) is 0 Å². The molecule has 0 radical (unpaired) electrons. The average molecular weight is 330 g/mol. The van der Waals surface area contributed by atoms with Crippen LogP contribution >= 0.6 is 11.3 Å². The standard InChI is InChI=1S/C19H26N2OS/c1-19(2,3)16-8-6-14(7-9-16)18(22)20-12-17(21(4)5)15-10-11-23-13-15/h6-11,13,17H,12H2,1-5H3,(H,20,22). The molecule has 0 aliphatic carbocycles. The van der Waals surface area contributed by atoms with Crippen LogP contribution in [0, 0.1) is 0 Å². The lowest BCUT2D eigenvalue weighted by molar-refractivity contribution is 0.0942. The van der Waals surface area contributed by atoms with Gasteiger partial charge in [-0.05, 0) is 59.6 Å². The Labute approximate surface area is 143 Å². The van der Waals surface area contributed by atoms with Gasteiger partial charge < -0.3 is 10.2 Å². The molecule has 0 bridgehead atoms. The van der Waals surface area contributed by atoms with E-state index < -0.39 is 0 Å². The minimum Gasteiger partial charge on any atom is -0.350 e. The molecule has 1 aromatic heterocycles. The lowest BCUT2D eigenvalue weighted by Gasteiger charge is -2.24. The van der Waals surface area contributed by atoms with E-state index in [-0.39, 0.29) is 17.4 Å². The van der Waals surface area contributed by atoms with Crippen molar-refractivity contribution in [3.8, 4) is 0 Å². The van der Waals surface area contributed by atoms with Gasteiger partial charge in [-0.2, -0.15) is 11.3 Å². The smallest absolute Gasteiger partial charge is 0.251 e. The second-order valence-electron chi connectivity index (χ2n) is 7.07. The Hall–Kier alpha value is -1.65. The molecule has 1 unspecified atom stereocenters. The summed E-state index contributed by atoms with van der Waals surface area (Å²) in [5, 5.41) is 7.25. The molecule has 1 heterocycles. The van der Waals surface area contributed by atoms with Gasteiger partial charge in [0.2, 0.25) is 0 Å². The zero-order valence-corrected chi connectivity index (χ0v) is 15.4. The molecule has 4 heteroatoms. The van der Waals surface area contributed by atoms with E-state index in [9.17, 15) is 4.79 Å². The third-order valence-corrected chi connectivity index (χ3v) is 4.72. The maximum atomic E-state index is 12.4. The molecule has 0 saturated heterocycles. The van der Waals surface area contributed by atoms with Crippen LogP contribution in [0.4, 0.5) is 0 Å². The fourth-order valence-corrected chi connectivity index (χ4v) is 3.18. The summed E-state index contributed by atoms with van der Waals surface area (Å²) >= 11 is 1.68. The lowest BCUT2D eigenvalue weighted by Crippen LogP contribution is -2.34. The Morgan fingerprint density at radius 2 is 1.83 bits per heavy atom. The first-order valence-electron chi connectivity index (χ1n) is 7.86. The van der Waals surface area contributed by atoms with Crippen molar-refractivity contribution in [2.45, 2.75) is 32.2 Å². The van der Waals surface area contributed by atoms with Crippen molar-refractivity contribution < 1.29 is 4.79 Å². The monoisotopic (exact) mass is 330 g/mol. The number of likely N-dealkylation sites (N-methyl/N-ethyl adjacent to an activating group) is 1. The highest BCUT2D eigenvalue weighted by Crippen LogP contribution is 2.23. The molecule has 0 spiro atoms. The molecular formula is C19H26N2OS. The van der Waals surface area contributed by atoms with Gasteiger partial charge in [0.25, 0.3) is 5.91 Å². The van der Waals surface area contributed by atoms with Crippen molar-refractivity contribution in [2.75, 3.05) is 20.6 Å². The van der Waals surface area contributed by atoms with Gasteiger partial charge in [-0.1, -0.05) is 32.9 Å². The second-order valence-corrected chi connectivity index (χ2v) is 7.85. The number of benzene rings is 1. The van der Waals surface area contributed by atoms with E-state index >= 15 is 0 Å². The Morgan fingerprint density at radius 3 is 2.30 bits per heavy atom. The number of hydrogen-bond donors (Lipinski definition) is 1. The highest BCUT2D eigenvalue weighted by atomic mass is 32.1. The van der Waals surface area contributed by atoms with Gasteiger partial charge in [0.15, 0.2) is 0 Å². The predicted octanol–water partition coefficient (Wildman–Crippen LogP) is 4.08. The van der Waals surface area contributed by atoms with Crippen LogP contribution in [0.1, 0.15) is 48.3 Å². The molecule has 0 fully saturated rings. The molecular weight excluding hydrogens is 304 g/mol. The van der Waals surface area contributed by atoms with Gasteiger partial charge in [-0.25, -0.2) is 0 Å². The summed E-state index contributed by atoms with van der Waals surface area (Å²) in [4.78, 5) is 14.5. The minimum atomic E-state index is -0.0208. The van der Waals surface area contributed by atoms with Crippen LogP contribution in [0.5, 0.6) is 0 Å². The molecule has 1 aromatic carbocycles. The first kappa shape index (κ1) is 17.7. The summed E-state index contributed by atoms with van der Waals surface area (Å²) < 4.78 is 0. The van der Waals surface area contributed by atoms with E-state index in [1.807, 2.05) is 38.4 Å². The number of hydrogen-bond acceptors (Lipinski definition) is 3. The van der Waals surface area contributed by atoms with Gasteiger partial charge >= 0.3 is 0 Å².